The molecule has 0 saturated carbocycles. The molecule has 1 aromatic rings. The number of halogens is 1. The summed E-state index contributed by atoms with van der Waals surface area (Å²) in [5.74, 6) is -0.401. The highest BCUT2D eigenvalue weighted by Crippen LogP contribution is 2.44. The maximum absolute atomic E-state index is 14.1. The number of rotatable bonds is 1. The molecule has 4 rings (SSSR count). The van der Waals surface area contributed by atoms with Crippen LogP contribution in [0.4, 0.5) is 4.39 Å². The molecule has 2 heterocycles. The third-order valence-electron chi connectivity index (χ3n) is 4.54. The molecule has 0 fully saturated rings. The summed E-state index contributed by atoms with van der Waals surface area (Å²) >= 11 is 0. The Morgan fingerprint density at radius 2 is 2.04 bits per heavy atom. The highest BCUT2D eigenvalue weighted by atomic mass is 19.1. The number of Topliss-reactive ketones (excluding diaryl/α,β-unsaturated/α-hetero) is 1. The molecule has 0 amide bonds. The molecule has 4 heteroatoms. The molecule has 1 atom stereocenters. The van der Waals surface area contributed by atoms with E-state index < -0.39 is 5.60 Å². The van der Waals surface area contributed by atoms with Gasteiger partial charge in [0, 0.05) is 12.0 Å². The smallest absolute Gasteiger partial charge is 0.184 e. The summed E-state index contributed by atoms with van der Waals surface area (Å²) in [5.41, 5.74) is 3.31. The molecule has 23 heavy (non-hydrogen) atoms. The van der Waals surface area contributed by atoms with E-state index in [1.165, 1.54) is 6.07 Å². The second-order valence-corrected chi connectivity index (χ2v) is 6.28. The summed E-state index contributed by atoms with van der Waals surface area (Å²) in [6.45, 7) is 4.35. The van der Waals surface area contributed by atoms with E-state index in [0.29, 0.717) is 30.0 Å². The Labute approximate surface area is 133 Å². The van der Waals surface area contributed by atoms with E-state index in [1.54, 1.807) is 18.2 Å². The Kier molecular flexibility index (Phi) is 3.00. The molecule has 116 valence electrons. The van der Waals surface area contributed by atoms with Crippen molar-refractivity contribution >= 4 is 17.2 Å². The first-order valence-corrected chi connectivity index (χ1v) is 7.63. The van der Waals surface area contributed by atoms with Crippen molar-refractivity contribution in [3.63, 3.8) is 0 Å². The predicted molar refractivity (Wildman–Crippen MR) is 86.6 cm³/mol. The minimum atomic E-state index is -0.877. The van der Waals surface area contributed by atoms with E-state index in [-0.39, 0.29) is 11.6 Å². The quantitative estimate of drug-likeness (QED) is 0.743. The van der Waals surface area contributed by atoms with Crippen molar-refractivity contribution in [1.29, 1.82) is 0 Å². The van der Waals surface area contributed by atoms with E-state index in [1.807, 2.05) is 26.0 Å². The first-order valence-electron chi connectivity index (χ1n) is 7.63. The van der Waals surface area contributed by atoms with Crippen LogP contribution in [0.15, 0.2) is 58.1 Å². The summed E-state index contributed by atoms with van der Waals surface area (Å²) in [5, 5.41) is 0. The van der Waals surface area contributed by atoms with Gasteiger partial charge in [0.05, 0.1) is 12.3 Å². The van der Waals surface area contributed by atoms with Crippen LogP contribution in [0.1, 0.15) is 25.8 Å². The lowest BCUT2D eigenvalue weighted by Gasteiger charge is -2.35. The van der Waals surface area contributed by atoms with Gasteiger partial charge < -0.3 is 4.74 Å². The van der Waals surface area contributed by atoms with Gasteiger partial charge in [-0.15, -0.1) is 0 Å². The minimum Gasteiger partial charge on any atom is -0.355 e. The predicted octanol–water partition coefficient (Wildman–Crippen LogP) is 3.63. The zero-order chi connectivity index (χ0) is 16.2. The van der Waals surface area contributed by atoms with Gasteiger partial charge in [-0.3, -0.25) is 4.79 Å². The molecule has 1 unspecified atom stereocenters. The topological polar surface area (TPSA) is 38.7 Å². The molecule has 1 aliphatic carbocycles. The summed E-state index contributed by atoms with van der Waals surface area (Å²) in [4.78, 5) is 17.1. The van der Waals surface area contributed by atoms with Crippen molar-refractivity contribution in [2.45, 2.75) is 25.9 Å². The monoisotopic (exact) mass is 309 g/mol. The number of ketones is 1. The van der Waals surface area contributed by atoms with Crippen molar-refractivity contribution in [2.75, 3.05) is 6.61 Å². The third-order valence-corrected chi connectivity index (χ3v) is 4.54. The molecule has 0 radical (unpaired) electrons. The van der Waals surface area contributed by atoms with Crippen molar-refractivity contribution in [3.05, 3.63) is 64.5 Å². The number of hydrogen-bond donors (Lipinski definition) is 0. The first-order chi connectivity index (χ1) is 11.0. The number of benzene rings is 1. The van der Waals surface area contributed by atoms with Crippen molar-refractivity contribution in [2.24, 2.45) is 4.99 Å². The van der Waals surface area contributed by atoms with E-state index in [4.69, 9.17) is 4.74 Å². The number of aliphatic imine (C=N–C) groups is 1. The molecular formula is C19H16FNO2. The Morgan fingerprint density at radius 1 is 1.26 bits per heavy atom. The zero-order valence-electron chi connectivity index (χ0n) is 13.0. The largest absolute Gasteiger partial charge is 0.355 e. The van der Waals surface area contributed by atoms with E-state index in [9.17, 15) is 9.18 Å². The maximum Gasteiger partial charge on any atom is 0.184 e. The number of nitrogens with zero attached hydrogens (tertiary/aromatic N) is 1. The lowest BCUT2D eigenvalue weighted by molar-refractivity contribution is -0.113. The maximum atomic E-state index is 14.1. The number of hydrogen-bond acceptors (Lipinski definition) is 3. The van der Waals surface area contributed by atoms with Gasteiger partial charge in [-0.2, -0.15) is 0 Å². The van der Waals surface area contributed by atoms with Crippen LogP contribution in [-0.4, -0.2) is 23.7 Å². The fraction of sp³-hybridized carbons (Fsp3) is 0.263. The van der Waals surface area contributed by atoms with Crippen LogP contribution in [0, 0.1) is 5.82 Å². The lowest BCUT2D eigenvalue weighted by atomic mass is 9.76. The van der Waals surface area contributed by atoms with Crippen molar-refractivity contribution in [3.8, 4) is 0 Å². The minimum absolute atomic E-state index is 0.0564. The van der Waals surface area contributed by atoms with Crippen LogP contribution < -0.4 is 0 Å². The normalized spacial score (nSPS) is 26.4. The van der Waals surface area contributed by atoms with Gasteiger partial charge in [-0.25, -0.2) is 9.38 Å². The highest BCUT2D eigenvalue weighted by molar-refractivity contribution is 6.47. The van der Waals surface area contributed by atoms with Gasteiger partial charge >= 0.3 is 0 Å². The molecule has 0 bridgehead atoms. The molecule has 1 aromatic carbocycles. The summed E-state index contributed by atoms with van der Waals surface area (Å²) in [6.07, 6.45) is 4.17. The standard InChI is InChI=1S/C19H16FNO2/c1-11-7-17(22)18-19(9-11)14(12(2)10-23-19)8-16(21-18)13-5-3-4-6-15(13)20/h3-6,8-9H,7,10H2,1-2H3. The second-order valence-electron chi connectivity index (χ2n) is 6.28. The third kappa shape index (κ3) is 1.98. The Balaban J connectivity index is 1.96. The van der Waals surface area contributed by atoms with E-state index in [0.717, 1.165) is 16.7 Å². The van der Waals surface area contributed by atoms with Gasteiger partial charge in [0.1, 0.15) is 11.5 Å². The summed E-state index contributed by atoms with van der Waals surface area (Å²) in [7, 11) is 0. The molecular weight excluding hydrogens is 293 g/mol. The van der Waals surface area contributed by atoms with Crippen LogP contribution in [0.5, 0.6) is 0 Å². The Morgan fingerprint density at radius 3 is 2.83 bits per heavy atom. The Hall–Kier alpha value is -2.33. The highest BCUT2D eigenvalue weighted by Gasteiger charge is 2.50. The molecule has 0 N–H and O–H groups in total. The fourth-order valence-corrected chi connectivity index (χ4v) is 3.49. The zero-order valence-corrected chi connectivity index (χ0v) is 13.0. The van der Waals surface area contributed by atoms with Gasteiger partial charge in [-0.05, 0) is 49.3 Å². The molecule has 3 nitrogen and oxygen atoms in total. The van der Waals surface area contributed by atoms with Gasteiger partial charge in [0.15, 0.2) is 11.4 Å². The molecule has 3 aliphatic rings. The average Bonchev–Trinajstić information content (AvgIpc) is 2.83. The first kappa shape index (κ1) is 14.3. The van der Waals surface area contributed by atoms with Gasteiger partial charge in [0.25, 0.3) is 0 Å². The van der Waals surface area contributed by atoms with Crippen LogP contribution in [0.3, 0.4) is 0 Å². The molecule has 0 saturated heterocycles. The van der Waals surface area contributed by atoms with Crippen LogP contribution in [0.25, 0.3) is 5.70 Å². The summed E-state index contributed by atoms with van der Waals surface area (Å²) < 4.78 is 20.1. The number of carbonyl (C=O) groups excluding carboxylic acids is 1. The van der Waals surface area contributed by atoms with Crippen LogP contribution >= 0.6 is 0 Å². The average molecular weight is 309 g/mol. The molecule has 1 spiro atoms. The summed E-state index contributed by atoms with van der Waals surface area (Å²) in [6, 6.07) is 6.48. The lowest BCUT2D eigenvalue weighted by Crippen LogP contribution is -2.47. The van der Waals surface area contributed by atoms with E-state index >= 15 is 0 Å². The number of allylic oxidation sites excluding steroid dienone is 1. The number of carbonyl (C=O) groups is 1. The molecule has 0 aromatic heterocycles. The van der Waals surface area contributed by atoms with Crippen molar-refractivity contribution in [1.82, 2.24) is 0 Å². The van der Waals surface area contributed by atoms with Crippen LogP contribution in [-0.2, 0) is 9.53 Å². The van der Waals surface area contributed by atoms with Gasteiger partial charge in [-0.1, -0.05) is 17.7 Å². The fourth-order valence-electron chi connectivity index (χ4n) is 3.49. The van der Waals surface area contributed by atoms with E-state index in [2.05, 4.69) is 4.99 Å². The van der Waals surface area contributed by atoms with Crippen molar-refractivity contribution < 1.29 is 13.9 Å². The van der Waals surface area contributed by atoms with Gasteiger partial charge in [0.2, 0.25) is 0 Å². The van der Waals surface area contributed by atoms with Crippen LogP contribution in [0.2, 0.25) is 0 Å². The number of ether oxygens (including phenoxy) is 1. The Bertz CT molecular complexity index is 860. The SMILES string of the molecule is CC1=CC23OCC(C)=C2C=C(c2ccccc2F)N=C3C(=O)C1. The molecule has 2 aliphatic heterocycles. The second kappa shape index (κ2) is 4.83.